The van der Waals surface area contributed by atoms with Gasteiger partial charge in [0.2, 0.25) is 5.88 Å². The molecule has 1 aromatic carbocycles. The highest BCUT2D eigenvalue weighted by atomic mass is 32.2. The number of aryl methyl sites for hydroxylation is 3. The van der Waals surface area contributed by atoms with Crippen LogP contribution >= 0.6 is 0 Å². The van der Waals surface area contributed by atoms with Crippen molar-refractivity contribution < 1.29 is 13.7 Å². The SMILES string of the molecule is CC(C)(C)[Si](C)(C)NS(=O)(=NC(=O)Nc1c2c(cc3c1CCC3)CCC2)c1cnn2c1OCCC2. The summed E-state index contributed by atoms with van der Waals surface area (Å²) >= 11 is 0. The number of benzene rings is 1. The Balaban J connectivity index is 1.57. The summed E-state index contributed by atoms with van der Waals surface area (Å²) in [7, 11) is -5.66. The molecule has 1 aromatic heterocycles. The van der Waals surface area contributed by atoms with E-state index in [1.807, 2.05) is 0 Å². The highest BCUT2D eigenvalue weighted by Crippen LogP contribution is 2.40. The number of hydrogen-bond acceptors (Lipinski definition) is 4. The Kier molecular flexibility index (Phi) is 6.12. The molecular formula is C25H37N5O3SSi. The molecular weight excluding hydrogens is 478 g/mol. The summed E-state index contributed by atoms with van der Waals surface area (Å²) < 4.78 is 30.0. The highest BCUT2D eigenvalue weighted by Gasteiger charge is 2.41. The zero-order valence-electron chi connectivity index (χ0n) is 21.5. The smallest absolute Gasteiger partial charge is 0.354 e. The second kappa shape index (κ2) is 8.74. The molecule has 0 radical (unpaired) electrons. The van der Waals surface area contributed by atoms with Crippen molar-refractivity contribution in [2.45, 2.75) is 95.3 Å². The van der Waals surface area contributed by atoms with E-state index in [2.05, 4.69) is 59.1 Å². The minimum absolute atomic E-state index is 0.114. The van der Waals surface area contributed by atoms with E-state index in [1.165, 1.54) is 22.3 Å². The molecule has 3 aliphatic rings. The zero-order chi connectivity index (χ0) is 25.0. The molecule has 0 saturated heterocycles. The first kappa shape index (κ1) is 24.5. The average molecular weight is 516 g/mol. The normalized spacial score (nSPS) is 18.8. The van der Waals surface area contributed by atoms with Crippen LogP contribution in [0.5, 0.6) is 5.88 Å². The van der Waals surface area contributed by atoms with Crippen LogP contribution in [0.1, 0.15) is 62.3 Å². The van der Waals surface area contributed by atoms with Gasteiger partial charge in [-0.3, -0.25) is 0 Å². The Morgan fingerprint density at radius 1 is 1.11 bits per heavy atom. The topological polar surface area (TPSA) is 97.6 Å². The largest absolute Gasteiger partial charge is 0.477 e. The van der Waals surface area contributed by atoms with Crippen LogP contribution in [0.3, 0.4) is 0 Å². The maximum absolute atomic E-state index is 14.6. The van der Waals surface area contributed by atoms with Gasteiger partial charge >= 0.3 is 6.03 Å². The second-order valence-electron chi connectivity index (χ2n) is 11.5. The number of nitrogens with zero attached hydrogens (tertiary/aromatic N) is 3. The van der Waals surface area contributed by atoms with Gasteiger partial charge in [0.15, 0.2) is 0 Å². The van der Waals surface area contributed by atoms with Gasteiger partial charge in [-0.1, -0.05) is 39.9 Å². The lowest BCUT2D eigenvalue weighted by Crippen LogP contribution is -2.54. The molecule has 0 spiro atoms. The van der Waals surface area contributed by atoms with Crippen molar-refractivity contribution in [1.82, 2.24) is 14.2 Å². The molecule has 8 nitrogen and oxygen atoms in total. The fourth-order valence-corrected chi connectivity index (χ4v) is 10.7. The molecule has 5 rings (SSSR count). The summed E-state index contributed by atoms with van der Waals surface area (Å²) in [6.45, 7) is 11.9. The van der Waals surface area contributed by atoms with E-state index in [0.717, 1.165) is 50.6 Å². The molecule has 35 heavy (non-hydrogen) atoms. The number of anilines is 1. The van der Waals surface area contributed by atoms with Crippen molar-refractivity contribution in [3.63, 3.8) is 0 Å². The summed E-state index contributed by atoms with van der Waals surface area (Å²) in [4.78, 5) is 13.8. The van der Waals surface area contributed by atoms with Crippen molar-refractivity contribution >= 4 is 29.9 Å². The van der Waals surface area contributed by atoms with E-state index in [4.69, 9.17) is 4.74 Å². The van der Waals surface area contributed by atoms with E-state index >= 15 is 0 Å². The monoisotopic (exact) mass is 515 g/mol. The third-order valence-electron chi connectivity index (χ3n) is 8.00. The van der Waals surface area contributed by atoms with E-state index in [-0.39, 0.29) is 5.04 Å². The number of nitrogens with one attached hydrogen (secondary N) is 2. The molecule has 2 N–H and O–H groups in total. The summed E-state index contributed by atoms with van der Waals surface area (Å²) in [5, 5.41) is 7.37. The molecule has 1 atom stereocenters. The van der Waals surface area contributed by atoms with Crippen LogP contribution in [-0.4, -0.2) is 34.9 Å². The van der Waals surface area contributed by atoms with Crippen molar-refractivity contribution in [1.29, 1.82) is 0 Å². The number of urea groups is 1. The Morgan fingerprint density at radius 3 is 2.40 bits per heavy atom. The standard InChI is InChI=1S/C25H37N5O3SSi/c1-25(2,3)35(4,5)29-34(32,21-16-26-30-13-8-14-33-23(21)30)28-24(31)27-22-19-11-6-9-17(19)15-18-10-7-12-20(18)22/h15-16H,6-14H2,1-5H3,(H2,27,28,29,31,32). The maximum Gasteiger partial charge on any atom is 0.354 e. The van der Waals surface area contributed by atoms with Crippen LogP contribution in [0.2, 0.25) is 18.1 Å². The zero-order valence-corrected chi connectivity index (χ0v) is 23.3. The quantitative estimate of drug-likeness (QED) is 0.546. The van der Waals surface area contributed by atoms with Gasteiger partial charge in [0.25, 0.3) is 0 Å². The van der Waals surface area contributed by atoms with Crippen molar-refractivity contribution in [3.8, 4) is 5.88 Å². The van der Waals surface area contributed by atoms with Gasteiger partial charge in [0, 0.05) is 18.7 Å². The van der Waals surface area contributed by atoms with E-state index < -0.39 is 24.2 Å². The number of carbonyl (C=O) groups is 1. The molecule has 190 valence electrons. The van der Waals surface area contributed by atoms with Crippen LogP contribution in [0.4, 0.5) is 10.5 Å². The van der Waals surface area contributed by atoms with Gasteiger partial charge in [-0.2, -0.15) is 5.10 Å². The van der Waals surface area contributed by atoms with E-state index in [1.54, 1.807) is 10.9 Å². The first-order chi connectivity index (χ1) is 16.5. The predicted octanol–water partition coefficient (Wildman–Crippen LogP) is 5.21. The number of aromatic nitrogens is 2. The van der Waals surface area contributed by atoms with Crippen LogP contribution in [0.15, 0.2) is 21.5 Å². The molecule has 10 heteroatoms. The minimum Gasteiger partial charge on any atom is -0.477 e. The number of hydrogen-bond donors (Lipinski definition) is 2. The number of amides is 2. The Bertz CT molecular complexity index is 1270. The highest BCUT2D eigenvalue weighted by molar-refractivity contribution is 7.93. The lowest BCUT2D eigenvalue weighted by molar-refractivity contribution is 0.224. The molecule has 2 heterocycles. The molecule has 1 aliphatic heterocycles. The Labute approximate surface area is 209 Å². The van der Waals surface area contributed by atoms with Crippen LogP contribution < -0.4 is 14.4 Å². The minimum atomic E-state index is -3.34. The van der Waals surface area contributed by atoms with Crippen LogP contribution in [0.25, 0.3) is 0 Å². The van der Waals surface area contributed by atoms with Gasteiger partial charge in [-0.05, 0) is 65.8 Å². The molecule has 0 fully saturated rings. The van der Waals surface area contributed by atoms with Gasteiger partial charge in [-0.15, -0.1) is 4.36 Å². The van der Waals surface area contributed by atoms with E-state index in [9.17, 15) is 9.00 Å². The fraction of sp³-hybridized carbons (Fsp3) is 0.600. The summed E-state index contributed by atoms with van der Waals surface area (Å²) in [6, 6.07) is 1.75. The Hall–Kier alpha value is -2.17. The fourth-order valence-electron chi connectivity index (χ4n) is 5.07. The lowest BCUT2D eigenvalue weighted by Gasteiger charge is -2.37. The van der Waals surface area contributed by atoms with Gasteiger partial charge in [0.1, 0.15) is 23.0 Å². The predicted molar refractivity (Wildman–Crippen MR) is 141 cm³/mol. The van der Waals surface area contributed by atoms with E-state index in [0.29, 0.717) is 23.9 Å². The van der Waals surface area contributed by atoms with Gasteiger partial charge in [-0.25, -0.2) is 18.1 Å². The molecule has 0 bridgehead atoms. The molecule has 0 saturated carbocycles. The van der Waals surface area contributed by atoms with Gasteiger partial charge in [0.05, 0.1) is 12.8 Å². The first-order valence-corrected chi connectivity index (χ1v) is 17.2. The molecule has 2 aromatic rings. The number of carbonyl (C=O) groups excluding carboxylic acids is 1. The summed E-state index contributed by atoms with van der Waals surface area (Å²) in [5.74, 6) is 0.450. The van der Waals surface area contributed by atoms with Crippen molar-refractivity contribution in [3.05, 3.63) is 34.5 Å². The second-order valence-corrected chi connectivity index (χ2v) is 18.7. The molecule has 2 amide bonds. The number of rotatable bonds is 4. The number of ether oxygens (including phenoxy) is 1. The van der Waals surface area contributed by atoms with Crippen LogP contribution in [0, 0.1) is 0 Å². The third-order valence-corrected chi connectivity index (χ3v) is 16.2. The third kappa shape index (κ3) is 4.44. The Morgan fingerprint density at radius 2 is 1.77 bits per heavy atom. The summed E-state index contributed by atoms with van der Waals surface area (Å²) in [6.07, 6.45) is 8.60. The van der Waals surface area contributed by atoms with Crippen molar-refractivity contribution in [2.75, 3.05) is 11.9 Å². The van der Waals surface area contributed by atoms with Gasteiger partial charge < -0.3 is 10.1 Å². The number of fused-ring (bicyclic) bond motifs is 3. The first-order valence-electron chi connectivity index (χ1n) is 12.7. The molecule has 2 aliphatic carbocycles. The maximum atomic E-state index is 14.6. The summed E-state index contributed by atoms with van der Waals surface area (Å²) in [5.41, 5.74) is 6.03. The molecule has 1 unspecified atom stereocenters. The average Bonchev–Trinajstić information content (AvgIpc) is 3.51. The van der Waals surface area contributed by atoms with Crippen LogP contribution in [-0.2, 0) is 42.1 Å². The van der Waals surface area contributed by atoms with Crippen molar-refractivity contribution in [2.24, 2.45) is 4.36 Å². The lowest BCUT2D eigenvalue weighted by atomic mass is 9.99.